The topological polar surface area (TPSA) is 85.8 Å². The van der Waals surface area contributed by atoms with Crippen LogP contribution in [0.15, 0.2) is 12.4 Å². The maximum absolute atomic E-state index is 12.4. The number of anilines is 1. The lowest BCUT2D eigenvalue weighted by molar-refractivity contribution is 0.00578. The zero-order chi connectivity index (χ0) is 21.4. The molecule has 2 saturated heterocycles. The number of nitrogens with zero attached hydrogens (tertiary/aromatic N) is 3. The van der Waals surface area contributed by atoms with Crippen LogP contribution in [0.25, 0.3) is 0 Å². The minimum Gasteiger partial charge on any atom is -0.444 e. The van der Waals surface area contributed by atoms with Crippen molar-refractivity contribution in [1.29, 1.82) is 0 Å². The largest absolute Gasteiger partial charge is 0.498 e. The first-order valence-corrected chi connectivity index (χ1v) is 10.3. The molecule has 3 rings (SSSR count). The van der Waals surface area contributed by atoms with Crippen molar-refractivity contribution in [2.45, 2.75) is 84.2 Å². The minimum absolute atomic E-state index is 0.0659. The van der Waals surface area contributed by atoms with Crippen molar-refractivity contribution >= 4 is 24.6 Å². The quantitative estimate of drug-likeness (QED) is 0.772. The van der Waals surface area contributed by atoms with E-state index in [1.807, 2.05) is 48.5 Å². The molecule has 0 radical (unpaired) electrons. The van der Waals surface area contributed by atoms with Crippen LogP contribution in [-0.2, 0) is 14.0 Å². The standard InChI is InChI=1S/C20H33BN4O4/c1-18(2,3)27-17(26)25-10-8-9-15(25)13-24-16-22-11-14(12-23-16)21-28-19(4,5)20(6,7)29-21/h11-12,15H,8-10,13H2,1-7H3,(H,22,23,24). The first-order valence-electron chi connectivity index (χ1n) is 10.3. The fraction of sp³-hybridized carbons (Fsp3) is 0.750. The molecule has 1 aromatic heterocycles. The summed E-state index contributed by atoms with van der Waals surface area (Å²) in [5, 5.41) is 3.23. The molecule has 2 aliphatic heterocycles. The van der Waals surface area contributed by atoms with E-state index in [9.17, 15) is 4.79 Å². The van der Waals surface area contributed by atoms with E-state index in [0.29, 0.717) is 19.0 Å². The molecular formula is C20H33BN4O4. The molecule has 0 saturated carbocycles. The molecule has 9 heteroatoms. The Bertz CT molecular complexity index is 717. The molecule has 0 aromatic carbocycles. The Morgan fingerprint density at radius 1 is 1.24 bits per heavy atom. The van der Waals surface area contributed by atoms with Crippen LogP contribution in [0.5, 0.6) is 0 Å². The number of rotatable bonds is 4. The summed E-state index contributed by atoms with van der Waals surface area (Å²) in [4.78, 5) is 23.0. The predicted octanol–water partition coefficient (Wildman–Crippen LogP) is 2.59. The Morgan fingerprint density at radius 3 is 2.38 bits per heavy atom. The minimum atomic E-state index is -0.496. The second-order valence-electron chi connectivity index (χ2n) is 9.78. The molecule has 1 aromatic rings. The van der Waals surface area contributed by atoms with Gasteiger partial charge in [0.25, 0.3) is 0 Å². The van der Waals surface area contributed by atoms with E-state index in [4.69, 9.17) is 14.0 Å². The Hall–Kier alpha value is -1.87. The molecule has 1 N–H and O–H groups in total. The van der Waals surface area contributed by atoms with Gasteiger partial charge in [-0.3, -0.25) is 0 Å². The number of nitrogens with one attached hydrogen (secondary N) is 1. The van der Waals surface area contributed by atoms with E-state index in [-0.39, 0.29) is 12.1 Å². The average Bonchev–Trinajstić information content (AvgIpc) is 3.14. The Labute approximate surface area is 173 Å². The fourth-order valence-corrected chi connectivity index (χ4v) is 3.35. The van der Waals surface area contributed by atoms with Gasteiger partial charge >= 0.3 is 13.2 Å². The van der Waals surface area contributed by atoms with E-state index < -0.39 is 23.9 Å². The summed E-state index contributed by atoms with van der Waals surface area (Å²) in [5.74, 6) is 0.515. The summed E-state index contributed by atoms with van der Waals surface area (Å²) in [5.41, 5.74) is -0.514. The third kappa shape index (κ3) is 5.01. The third-order valence-electron chi connectivity index (χ3n) is 5.70. The molecule has 0 aliphatic carbocycles. The van der Waals surface area contributed by atoms with Gasteiger partial charge in [0.15, 0.2) is 0 Å². The highest BCUT2D eigenvalue weighted by Crippen LogP contribution is 2.36. The van der Waals surface area contributed by atoms with Crippen molar-refractivity contribution in [3.05, 3.63) is 12.4 Å². The highest BCUT2D eigenvalue weighted by molar-refractivity contribution is 6.61. The summed E-state index contributed by atoms with van der Waals surface area (Å²) in [6, 6.07) is 0.0659. The van der Waals surface area contributed by atoms with Crippen molar-refractivity contribution in [3.8, 4) is 0 Å². The zero-order valence-electron chi connectivity index (χ0n) is 18.6. The van der Waals surface area contributed by atoms with Gasteiger partial charge in [0.2, 0.25) is 5.95 Å². The number of carbonyl (C=O) groups excluding carboxylic acids is 1. The fourth-order valence-electron chi connectivity index (χ4n) is 3.35. The van der Waals surface area contributed by atoms with Gasteiger partial charge in [-0.1, -0.05) is 0 Å². The lowest BCUT2D eigenvalue weighted by Gasteiger charge is -2.32. The third-order valence-corrected chi connectivity index (χ3v) is 5.70. The summed E-state index contributed by atoms with van der Waals surface area (Å²) in [6.07, 6.45) is 5.07. The molecule has 2 fully saturated rings. The Kier molecular flexibility index (Phi) is 5.84. The molecule has 29 heavy (non-hydrogen) atoms. The summed E-state index contributed by atoms with van der Waals surface area (Å²) in [6.45, 7) is 15.0. The van der Waals surface area contributed by atoms with E-state index >= 15 is 0 Å². The zero-order valence-corrected chi connectivity index (χ0v) is 18.6. The van der Waals surface area contributed by atoms with E-state index in [1.54, 1.807) is 17.3 Å². The maximum Gasteiger partial charge on any atom is 0.498 e. The van der Waals surface area contributed by atoms with E-state index in [0.717, 1.165) is 18.3 Å². The number of amides is 1. The van der Waals surface area contributed by atoms with Crippen LogP contribution < -0.4 is 10.8 Å². The molecule has 2 aliphatic rings. The van der Waals surface area contributed by atoms with Crippen LogP contribution in [0.2, 0.25) is 0 Å². The predicted molar refractivity (Wildman–Crippen MR) is 112 cm³/mol. The highest BCUT2D eigenvalue weighted by Gasteiger charge is 2.52. The van der Waals surface area contributed by atoms with Gasteiger partial charge in [0.1, 0.15) is 5.60 Å². The van der Waals surface area contributed by atoms with Crippen LogP contribution in [0.1, 0.15) is 61.3 Å². The Balaban J connectivity index is 1.56. The smallest absolute Gasteiger partial charge is 0.444 e. The normalized spacial score (nSPS) is 23.3. The van der Waals surface area contributed by atoms with Crippen molar-refractivity contribution in [2.75, 3.05) is 18.4 Å². The van der Waals surface area contributed by atoms with Gasteiger partial charge in [0.05, 0.1) is 17.2 Å². The second-order valence-corrected chi connectivity index (χ2v) is 9.78. The molecule has 0 spiro atoms. The van der Waals surface area contributed by atoms with Crippen LogP contribution in [-0.4, -0.2) is 64.0 Å². The number of ether oxygens (including phenoxy) is 1. The van der Waals surface area contributed by atoms with Crippen molar-refractivity contribution < 1.29 is 18.8 Å². The molecule has 0 bridgehead atoms. The van der Waals surface area contributed by atoms with Crippen LogP contribution in [0.3, 0.4) is 0 Å². The van der Waals surface area contributed by atoms with Gasteiger partial charge < -0.3 is 24.3 Å². The number of hydrogen-bond donors (Lipinski definition) is 1. The summed E-state index contributed by atoms with van der Waals surface area (Å²) < 4.78 is 17.6. The monoisotopic (exact) mass is 404 g/mol. The first kappa shape index (κ1) is 21.8. The van der Waals surface area contributed by atoms with Crippen molar-refractivity contribution in [1.82, 2.24) is 14.9 Å². The second kappa shape index (κ2) is 7.76. The number of likely N-dealkylation sites (tertiary alicyclic amines) is 1. The number of hydrogen-bond acceptors (Lipinski definition) is 7. The molecule has 3 heterocycles. The van der Waals surface area contributed by atoms with Crippen LogP contribution >= 0.6 is 0 Å². The highest BCUT2D eigenvalue weighted by atomic mass is 16.7. The maximum atomic E-state index is 12.4. The van der Waals surface area contributed by atoms with E-state index in [2.05, 4.69) is 15.3 Å². The molecule has 160 valence electrons. The summed E-state index contributed by atoms with van der Waals surface area (Å²) in [7, 11) is -0.480. The first-order chi connectivity index (χ1) is 13.4. The Morgan fingerprint density at radius 2 is 1.83 bits per heavy atom. The molecule has 1 unspecified atom stereocenters. The molecule has 1 atom stereocenters. The van der Waals surface area contributed by atoms with Crippen LogP contribution in [0, 0.1) is 0 Å². The number of aromatic nitrogens is 2. The van der Waals surface area contributed by atoms with Gasteiger partial charge in [-0.2, -0.15) is 0 Å². The van der Waals surface area contributed by atoms with Crippen molar-refractivity contribution in [3.63, 3.8) is 0 Å². The summed E-state index contributed by atoms with van der Waals surface area (Å²) >= 11 is 0. The lowest BCUT2D eigenvalue weighted by Crippen LogP contribution is -2.42. The molecule has 1 amide bonds. The van der Waals surface area contributed by atoms with Gasteiger partial charge in [-0.15, -0.1) is 0 Å². The number of carbonyl (C=O) groups is 1. The molecule has 8 nitrogen and oxygen atoms in total. The van der Waals surface area contributed by atoms with E-state index in [1.165, 1.54) is 0 Å². The van der Waals surface area contributed by atoms with Crippen molar-refractivity contribution in [2.24, 2.45) is 0 Å². The average molecular weight is 404 g/mol. The van der Waals surface area contributed by atoms with Gasteiger partial charge in [0, 0.05) is 30.9 Å². The SMILES string of the molecule is CC(C)(C)OC(=O)N1CCCC1CNc1ncc(B2OC(C)(C)C(C)(C)O2)cn1. The van der Waals surface area contributed by atoms with Gasteiger partial charge in [-0.05, 0) is 61.3 Å². The van der Waals surface area contributed by atoms with Crippen LogP contribution in [0.4, 0.5) is 10.7 Å². The lowest BCUT2D eigenvalue weighted by atomic mass is 9.81. The van der Waals surface area contributed by atoms with Gasteiger partial charge in [-0.25, -0.2) is 14.8 Å². The molecular weight excluding hydrogens is 371 g/mol.